The molecule has 0 saturated carbocycles. The number of aromatic nitrogens is 2. The normalized spacial score (nSPS) is 19.7. The van der Waals surface area contributed by atoms with Crippen molar-refractivity contribution in [2.45, 2.75) is 32.1 Å². The Morgan fingerprint density at radius 1 is 1.61 bits per heavy atom. The van der Waals surface area contributed by atoms with Gasteiger partial charge in [-0.2, -0.15) is 5.26 Å². The fourth-order valence-electron chi connectivity index (χ4n) is 2.75. The summed E-state index contributed by atoms with van der Waals surface area (Å²) >= 11 is 7.93. The lowest BCUT2D eigenvalue weighted by Crippen LogP contribution is -2.00. The minimum absolute atomic E-state index is 0.0827. The molecule has 2 heterocycles. The van der Waals surface area contributed by atoms with Crippen molar-refractivity contribution >= 4 is 33.2 Å². The van der Waals surface area contributed by atoms with E-state index in [9.17, 15) is 0 Å². The Labute approximate surface area is 114 Å². The van der Waals surface area contributed by atoms with Crippen molar-refractivity contribution in [3.63, 3.8) is 0 Å². The summed E-state index contributed by atoms with van der Waals surface area (Å²) in [4.78, 5) is 10.7. The molecule has 0 spiro atoms. The minimum Gasteiger partial charge on any atom is -0.225 e. The van der Waals surface area contributed by atoms with E-state index in [0.717, 1.165) is 29.5 Å². The van der Waals surface area contributed by atoms with Gasteiger partial charge in [0.2, 0.25) is 0 Å². The number of hydrogen-bond donors (Lipinski definition) is 0. The molecule has 3 nitrogen and oxygen atoms in total. The molecule has 1 aliphatic carbocycles. The molecule has 5 heteroatoms. The number of halogens is 1. The lowest BCUT2D eigenvalue weighted by molar-refractivity contribution is 0.543. The van der Waals surface area contributed by atoms with Gasteiger partial charge in [-0.1, -0.05) is 11.6 Å². The molecule has 2 aromatic heterocycles. The second-order valence-corrected chi connectivity index (χ2v) is 6.23. The fourth-order valence-corrected chi connectivity index (χ4v) is 4.28. The highest BCUT2D eigenvalue weighted by molar-refractivity contribution is 7.19. The number of nitriles is 1. The van der Waals surface area contributed by atoms with Crippen LogP contribution in [0.4, 0.5) is 0 Å². The molecule has 0 aliphatic heterocycles. The standard InChI is InChI=1S/C13H12ClN3S/c1-7(5-15)4-8-2-3-9-10(8)11-12(14)16-6-17-13(11)18-9/h6-8H,2-4H2,1H3/t7?,8-/m1/s1. The summed E-state index contributed by atoms with van der Waals surface area (Å²) in [6.07, 6.45) is 4.62. The largest absolute Gasteiger partial charge is 0.225 e. The van der Waals surface area contributed by atoms with Gasteiger partial charge in [-0.25, -0.2) is 9.97 Å². The summed E-state index contributed by atoms with van der Waals surface area (Å²) in [6.45, 7) is 1.98. The maximum atomic E-state index is 8.96. The molecular weight excluding hydrogens is 266 g/mol. The van der Waals surface area contributed by atoms with E-state index in [1.807, 2.05) is 6.92 Å². The van der Waals surface area contributed by atoms with E-state index >= 15 is 0 Å². The van der Waals surface area contributed by atoms with Crippen LogP contribution in [0.15, 0.2) is 6.33 Å². The third-order valence-corrected chi connectivity index (χ3v) is 5.00. The topological polar surface area (TPSA) is 49.6 Å². The molecule has 0 aromatic carbocycles. The van der Waals surface area contributed by atoms with Crippen molar-refractivity contribution < 1.29 is 0 Å². The molecule has 0 radical (unpaired) electrons. The summed E-state index contributed by atoms with van der Waals surface area (Å²) in [5.41, 5.74) is 1.31. The van der Waals surface area contributed by atoms with Gasteiger partial charge in [-0.05, 0) is 37.7 Å². The molecular formula is C13H12ClN3S. The van der Waals surface area contributed by atoms with E-state index in [1.165, 1.54) is 16.8 Å². The molecule has 2 atom stereocenters. The molecule has 2 aromatic rings. The second kappa shape index (κ2) is 4.49. The Bertz CT molecular complexity index is 643. The number of nitrogens with zero attached hydrogens (tertiary/aromatic N) is 3. The zero-order valence-electron chi connectivity index (χ0n) is 9.98. The van der Waals surface area contributed by atoms with Crippen molar-refractivity contribution in [2.75, 3.05) is 0 Å². The molecule has 0 bridgehead atoms. The maximum absolute atomic E-state index is 8.96. The molecule has 0 N–H and O–H groups in total. The van der Waals surface area contributed by atoms with E-state index < -0.39 is 0 Å². The summed E-state index contributed by atoms with van der Waals surface area (Å²) in [7, 11) is 0. The smallest absolute Gasteiger partial charge is 0.141 e. The van der Waals surface area contributed by atoms with Crippen LogP contribution in [0, 0.1) is 17.2 Å². The average molecular weight is 278 g/mol. The summed E-state index contributed by atoms with van der Waals surface area (Å²) < 4.78 is 0. The Kier molecular flexibility index (Phi) is 2.96. The van der Waals surface area contributed by atoms with Gasteiger partial charge in [0.25, 0.3) is 0 Å². The number of fused-ring (bicyclic) bond motifs is 3. The highest BCUT2D eigenvalue weighted by atomic mass is 35.5. The fraction of sp³-hybridized carbons (Fsp3) is 0.462. The molecule has 1 unspecified atom stereocenters. The third kappa shape index (κ3) is 1.79. The van der Waals surface area contributed by atoms with E-state index in [2.05, 4.69) is 16.0 Å². The zero-order valence-corrected chi connectivity index (χ0v) is 11.6. The van der Waals surface area contributed by atoms with Crippen LogP contribution in [0.25, 0.3) is 10.2 Å². The first-order valence-corrected chi connectivity index (χ1v) is 7.21. The predicted octanol–water partition coefficient (Wildman–Crippen LogP) is 3.92. The van der Waals surface area contributed by atoms with E-state index in [4.69, 9.17) is 16.9 Å². The first kappa shape index (κ1) is 11.9. The van der Waals surface area contributed by atoms with Crippen LogP contribution in [0.1, 0.15) is 36.1 Å². The lowest BCUT2D eigenvalue weighted by atomic mass is 9.91. The Morgan fingerprint density at radius 3 is 3.22 bits per heavy atom. The predicted molar refractivity (Wildman–Crippen MR) is 72.9 cm³/mol. The quantitative estimate of drug-likeness (QED) is 0.782. The molecule has 0 amide bonds. The average Bonchev–Trinajstić information content (AvgIpc) is 2.89. The van der Waals surface area contributed by atoms with Gasteiger partial charge in [-0.15, -0.1) is 11.3 Å². The minimum atomic E-state index is 0.0827. The van der Waals surface area contributed by atoms with Crippen LogP contribution in [-0.4, -0.2) is 9.97 Å². The van der Waals surface area contributed by atoms with Gasteiger partial charge in [0.15, 0.2) is 0 Å². The number of thiophene rings is 1. The van der Waals surface area contributed by atoms with Gasteiger partial charge in [0.1, 0.15) is 16.3 Å². The second-order valence-electron chi connectivity index (χ2n) is 4.78. The van der Waals surface area contributed by atoms with Crippen molar-refractivity contribution in [3.8, 4) is 6.07 Å². The molecule has 1 aliphatic rings. The van der Waals surface area contributed by atoms with Gasteiger partial charge >= 0.3 is 0 Å². The van der Waals surface area contributed by atoms with Crippen LogP contribution in [0.3, 0.4) is 0 Å². The Hall–Kier alpha value is -1.18. The number of hydrogen-bond acceptors (Lipinski definition) is 4. The van der Waals surface area contributed by atoms with Crippen molar-refractivity contribution in [1.82, 2.24) is 9.97 Å². The molecule has 0 fully saturated rings. The Balaban J connectivity index is 2.09. The zero-order chi connectivity index (χ0) is 12.7. The first-order chi connectivity index (χ1) is 8.70. The van der Waals surface area contributed by atoms with Crippen LogP contribution in [0.2, 0.25) is 5.15 Å². The van der Waals surface area contributed by atoms with E-state index in [-0.39, 0.29) is 5.92 Å². The highest BCUT2D eigenvalue weighted by Crippen LogP contribution is 2.47. The van der Waals surface area contributed by atoms with Crippen LogP contribution in [-0.2, 0) is 6.42 Å². The number of rotatable bonds is 2. The van der Waals surface area contributed by atoms with E-state index in [1.54, 1.807) is 11.3 Å². The van der Waals surface area contributed by atoms with Gasteiger partial charge < -0.3 is 0 Å². The van der Waals surface area contributed by atoms with Crippen molar-refractivity contribution in [3.05, 3.63) is 21.9 Å². The van der Waals surface area contributed by atoms with Crippen LogP contribution in [0.5, 0.6) is 0 Å². The lowest BCUT2D eigenvalue weighted by Gasteiger charge is -2.12. The van der Waals surface area contributed by atoms with Gasteiger partial charge in [-0.3, -0.25) is 0 Å². The van der Waals surface area contributed by atoms with Gasteiger partial charge in [0, 0.05) is 10.8 Å². The summed E-state index contributed by atoms with van der Waals surface area (Å²) in [6, 6.07) is 2.32. The van der Waals surface area contributed by atoms with Crippen molar-refractivity contribution in [1.29, 1.82) is 5.26 Å². The van der Waals surface area contributed by atoms with Crippen LogP contribution >= 0.6 is 22.9 Å². The molecule has 3 rings (SSSR count). The summed E-state index contributed by atoms with van der Waals surface area (Å²) in [5, 5.41) is 10.5. The first-order valence-electron chi connectivity index (χ1n) is 6.02. The maximum Gasteiger partial charge on any atom is 0.141 e. The third-order valence-electron chi connectivity index (χ3n) is 3.54. The summed E-state index contributed by atoms with van der Waals surface area (Å²) in [5.74, 6) is 0.520. The molecule has 0 saturated heterocycles. The van der Waals surface area contributed by atoms with Crippen LogP contribution < -0.4 is 0 Å². The molecule has 92 valence electrons. The number of aryl methyl sites for hydroxylation is 1. The highest BCUT2D eigenvalue weighted by Gasteiger charge is 2.30. The van der Waals surface area contributed by atoms with E-state index in [0.29, 0.717) is 11.1 Å². The monoisotopic (exact) mass is 277 g/mol. The van der Waals surface area contributed by atoms with Gasteiger partial charge in [0.05, 0.1) is 11.5 Å². The molecule has 18 heavy (non-hydrogen) atoms. The Morgan fingerprint density at radius 2 is 2.44 bits per heavy atom. The van der Waals surface area contributed by atoms with Crippen molar-refractivity contribution in [2.24, 2.45) is 5.92 Å². The SMILES string of the molecule is CC(C#N)C[C@H]1CCc2sc3ncnc(Cl)c3c21.